The number of hydrogen-bond donors (Lipinski definition) is 1. The van der Waals surface area contributed by atoms with Crippen LogP contribution in [0.3, 0.4) is 0 Å². The average Bonchev–Trinajstić information content (AvgIpc) is 3.03. The van der Waals surface area contributed by atoms with Crippen LogP contribution in [0.25, 0.3) is 0 Å². The predicted molar refractivity (Wildman–Crippen MR) is 193 cm³/mol. The van der Waals surface area contributed by atoms with Gasteiger partial charge in [0.1, 0.15) is 17.0 Å². The Morgan fingerprint density at radius 2 is 0.682 bits per heavy atom. The van der Waals surface area contributed by atoms with E-state index >= 15 is 0 Å². The molecular weight excluding hydrogens is 540 g/mol. The largest absolute Gasteiger partial charge is 0.395 e. The Hall–Kier alpha value is -1.22. The molecule has 0 spiro atoms. The molecule has 0 saturated heterocycles. The van der Waals surface area contributed by atoms with E-state index in [0.29, 0.717) is 12.8 Å². The van der Waals surface area contributed by atoms with Gasteiger partial charge in [0.15, 0.2) is 0 Å². The number of aliphatic hydroxyl groups is 1. The zero-order chi connectivity index (χ0) is 32.4. The van der Waals surface area contributed by atoms with Gasteiger partial charge in [-0.15, -0.1) is 0 Å². The van der Waals surface area contributed by atoms with Crippen molar-refractivity contribution in [1.82, 2.24) is 0 Å². The summed E-state index contributed by atoms with van der Waals surface area (Å²) in [6.07, 6.45) is 44.9. The number of hydrogen-bond acceptors (Lipinski definition) is 3. The third-order valence-electron chi connectivity index (χ3n) is 9.38. The van der Waals surface area contributed by atoms with Gasteiger partial charge in [-0.2, -0.15) is 0 Å². The highest BCUT2D eigenvalue weighted by molar-refractivity contribution is 6.06. The number of carbonyl (C=O) groups is 2. The minimum absolute atomic E-state index is 0.0648. The minimum Gasteiger partial charge on any atom is -0.395 e. The van der Waals surface area contributed by atoms with Crippen molar-refractivity contribution >= 4 is 11.6 Å². The van der Waals surface area contributed by atoms with Crippen LogP contribution in [0.15, 0.2) is 24.3 Å². The molecule has 0 aromatic rings. The molecule has 0 radical (unpaired) electrons. The summed E-state index contributed by atoms with van der Waals surface area (Å²) in [7, 11) is 0. The zero-order valence-electron chi connectivity index (χ0n) is 30.0. The molecule has 0 aromatic heterocycles. The van der Waals surface area contributed by atoms with Crippen molar-refractivity contribution in [3.05, 3.63) is 24.3 Å². The van der Waals surface area contributed by atoms with Crippen LogP contribution in [0.5, 0.6) is 0 Å². The maximum Gasteiger partial charge on any atom is 0.148 e. The molecule has 0 aromatic carbocycles. The van der Waals surface area contributed by atoms with Gasteiger partial charge in [0.2, 0.25) is 0 Å². The van der Waals surface area contributed by atoms with Gasteiger partial charge >= 0.3 is 0 Å². The molecule has 0 heterocycles. The van der Waals surface area contributed by atoms with E-state index in [9.17, 15) is 14.7 Å². The monoisotopic (exact) mass is 617 g/mol. The molecule has 0 bridgehead atoms. The summed E-state index contributed by atoms with van der Waals surface area (Å²) in [5.41, 5.74) is -1.20. The van der Waals surface area contributed by atoms with Crippen LogP contribution in [0.4, 0.5) is 0 Å². The Balaban J connectivity index is 3.74. The number of carbonyl (C=O) groups excluding carboxylic acids is 2. The van der Waals surface area contributed by atoms with Crippen molar-refractivity contribution in [3.63, 3.8) is 0 Å². The first-order valence-electron chi connectivity index (χ1n) is 19.5. The van der Waals surface area contributed by atoms with Crippen molar-refractivity contribution in [3.8, 4) is 0 Å². The van der Waals surface area contributed by atoms with Crippen LogP contribution < -0.4 is 0 Å². The molecule has 0 rings (SSSR count). The van der Waals surface area contributed by atoms with Gasteiger partial charge < -0.3 is 5.11 Å². The molecule has 0 saturated carbocycles. The second-order valence-electron chi connectivity index (χ2n) is 13.7. The highest BCUT2D eigenvalue weighted by Crippen LogP contribution is 2.25. The third-order valence-corrected chi connectivity index (χ3v) is 9.38. The van der Waals surface area contributed by atoms with E-state index in [-0.39, 0.29) is 18.2 Å². The maximum absolute atomic E-state index is 12.9. The molecule has 0 aliphatic rings. The van der Waals surface area contributed by atoms with Gasteiger partial charge in [0, 0.05) is 12.8 Å². The molecule has 3 nitrogen and oxygen atoms in total. The molecule has 0 fully saturated rings. The quantitative estimate of drug-likeness (QED) is 0.0438. The zero-order valence-corrected chi connectivity index (χ0v) is 30.0. The van der Waals surface area contributed by atoms with E-state index in [1.807, 2.05) is 0 Å². The summed E-state index contributed by atoms with van der Waals surface area (Å²) in [5.74, 6) is -0.130. The van der Waals surface area contributed by atoms with Crippen LogP contribution >= 0.6 is 0 Å². The summed E-state index contributed by atoms with van der Waals surface area (Å²) < 4.78 is 0. The highest BCUT2D eigenvalue weighted by atomic mass is 16.3. The molecule has 44 heavy (non-hydrogen) atoms. The highest BCUT2D eigenvalue weighted by Gasteiger charge is 2.38. The first-order valence-corrected chi connectivity index (χ1v) is 19.5. The Morgan fingerprint density at radius 3 is 0.955 bits per heavy atom. The molecule has 3 heteroatoms. The van der Waals surface area contributed by atoms with Crippen molar-refractivity contribution in [2.45, 2.75) is 213 Å². The van der Waals surface area contributed by atoms with Gasteiger partial charge in [0.25, 0.3) is 0 Å². The fraction of sp³-hybridized carbons (Fsp3) is 0.854. The smallest absolute Gasteiger partial charge is 0.148 e. The first kappa shape index (κ1) is 42.8. The summed E-state index contributed by atoms with van der Waals surface area (Å²) in [6, 6.07) is 0. The van der Waals surface area contributed by atoms with Crippen LogP contribution in [0.2, 0.25) is 0 Å². The third kappa shape index (κ3) is 26.0. The average molecular weight is 617 g/mol. The minimum atomic E-state index is -1.20. The van der Waals surface area contributed by atoms with Gasteiger partial charge in [0.05, 0.1) is 6.61 Å². The summed E-state index contributed by atoms with van der Waals surface area (Å²) in [4.78, 5) is 25.7. The van der Waals surface area contributed by atoms with Crippen molar-refractivity contribution in [2.24, 2.45) is 5.41 Å². The lowest BCUT2D eigenvalue weighted by atomic mass is 9.78. The van der Waals surface area contributed by atoms with Crippen LogP contribution in [-0.2, 0) is 9.59 Å². The van der Waals surface area contributed by atoms with E-state index < -0.39 is 5.41 Å². The van der Waals surface area contributed by atoms with Crippen LogP contribution in [0, 0.1) is 5.41 Å². The van der Waals surface area contributed by atoms with E-state index in [1.54, 1.807) is 6.92 Å². The van der Waals surface area contributed by atoms with Crippen molar-refractivity contribution in [1.29, 1.82) is 0 Å². The molecule has 0 atom stereocenters. The Bertz CT molecular complexity index is 638. The van der Waals surface area contributed by atoms with Crippen molar-refractivity contribution in [2.75, 3.05) is 6.61 Å². The van der Waals surface area contributed by atoms with E-state index in [0.717, 1.165) is 38.5 Å². The lowest BCUT2D eigenvalue weighted by Crippen LogP contribution is -2.39. The summed E-state index contributed by atoms with van der Waals surface area (Å²) in [6.45, 7) is 5.84. The summed E-state index contributed by atoms with van der Waals surface area (Å²) >= 11 is 0. The molecule has 0 unspecified atom stereocenters. The van der Waals surface area contributed by atoms with E-state index in [1.165, 1.54) is 141 Å². The van der Waals surface area contributed by atoms with E-state index in [4.69, 9.17) is 0 Å². The first-order chi connectivity index (χ1) is 21.5. The standard InChI is InChI=1S/C41H76O3/c1-4-6-8-10-12-14-16-18-20-22-24-26-28-30-32-34-36-39(43)41(3,38-42)40(44)37-35-33-31-29-27-25-23-21-19-17-15-13-11-9-7-5-2/h18-21,42H,4-17,22-38H2,1-3H3. The Kier molecular flexibility index (Phi) is 32.2. The van der Waals surface area contributed by atoms with Gasteiger partial charge in [-0.05, 0) is 71.1 Å². The van der Waals surface area contributed by atoms with Crippen molar-refractivity contribution < 1.29 is 14.7 Å². The number of rotatable bonds is 35. The fourth-order valence-electron chi connectivity index (χ4n) is 5.95. The maximum atomic E-state index is 12.9. The fourth-order valence-corrected chi connectivity index (χ4v) is 5.95. The number of Topliss-reactive ketones (excluding diaryl/α,β-unsaturated/α-hetero) is 2. The molecule has 258 valence electrons. The van der Waals surface area contributed by atoms with E-state index in [2.05, 4.69) is 38.2 Å². The molecule has 0 aliphatic heterocycles. The Morgan fingerprint density at radius 1 is 0.432 bits per heavy atom. The topological polar surface area (TPSA) is 54.4 Å². The lowest BCUT2D eigenvalue weighted by molar-refractivity contribution is -0.142. The summed E-state index contributed by atoms with van der Waals surface area (Å²) in [5, 5.41) is 9.94. The lowest BCUT2D eigenvalue weighted by Gasteiger charge is -2.24. The second kappa shape index (κ2) is 33.2. The molecular formula is C41H76O3. The number of ketones is 2. The second-order valence-corrected chi connectivity index (χ2v) is 13.7. The Labute approximate surface area is 275 Å². The van der Waals surface area contributed by atoms with Gasteiger partial charge in [-0.3, -0.25) is 9.59 Å². The number of allylic oxidation sites excluding steroid dienone is 4. The normalized spacial score (nSPS) is 13.3. The van der Waals surface area contributed by atoms with Gasteiger partial charge in [-0.25, -0.2) is 0 Å². The van der Waals surface area contributed by atoms with Gasteiger partial charge in [-0.1, -0.05) is 154 Å². The predicted octanol–water partition coefficient (Wildman–Crippen LogP) is 13.0. The number of unbranched alkanes of at least 4 members (excludes halogenated alkanes) is 24. The molecule has 0 amide bonds. The number of aliphatic hydroxyl groups excluding tert-OH is 1. The molecule has 1 N–H and O–H groups in total. The molecule has 0 aliphatic carbocycles. The SMILES string of the molecule is CCCCCCCCC=CCCCCCCCCC(=O)C(C)(CO)C(=O)CCCCCCCCC=CCCCCCCCC. The van der Waals surface area contributed by atoms with Crippen LogP contribution in [-0.4, -0.2) is 23.3 Å². The van der Waals surface area contributed by atoms with Crippen LogP contribution in [0.1, 0.15) is 213 Å².